The van der Waals surface area contributed by atoms with Crippen molar-refractivity contribution in [3.63, 3.8) is 0 Å². The van der Waals surface area contributed by atoms with E-state index >= 15 is 0 Å². The van der Waals surface area contributed by atoms with E-state index in [0.717, 1.165) is 0 Å². The Morgan fingerprint density at radius 3 is 1.56 bits per heavy atom. The first kappa shape index (κ1) is 22.3. The predicted octanol–water partition coefficient (Wildman–Crippen LogP) is 11.4. The van der Waals surface area contributed by atoms with E-state index in [9.17, 15) is 0 Å². The molecule has 0 saturated carbocycles. The monoisotopic (exact) mass is 512 g/mol. The summed E-state index contributed by atoms with van der Waals surface area (Å²) in [5.41, 5.74) is 5.08. The minimum Gasteiger partial charge on any atom is -0.135 e. The van der Waals surface area contributed by atoms with Gasteiger partial charge in [-0.3, -0.25) is 0 Å². The van der Waals surface area contributed by atoms with Gasteiger partial charge in [0, 0.05) is 15.3 Å². The van der Waals surface area contributed by atoms with Crippen LogP contribution in [0.15, 0.2) is 146 Å². The first-order valence-electron chi connectivity index (χ1n) is 13.3. The van der Waals surface area contributed by atoms with Gasteiger partial charge in [0.05, 0.1) is 0 Å². The van der Waals surface area contributed by atoms with Crippen molar-refractivity contribution in [3.8, 4) is 32.0 Å². The van der Waals surface area contributed by atoms with Crippen LogP contribution in [0.5, 0.6) is 0 Å². The molecule has 0 nitrogen and oxygen atoms in total. The molecular formula is C38H24S. The second kappa shape index (κ2) is 8.94. The summed E-state index contributed by atoms with van der Waals surface area (Å²) >= 11 is 1.87. The molecule has 0 N–H and O–H groups in total. The van der Waals surface area contributed by atoms with E-state index in [4.69, 9.17) is 0 Å². The maximum atomic E-state index is 2.31. The maximum Gasteiger partial charge on any atom is 0.0361 e. The molecule has 182 valence electrons. The van der Waals surface area contributed by atoms with E-state index in [1.54, 1.807) is 0 Å². The van der Waals surface area contributed by atoms with Crippen LogP contribution in [-0.2, 0) is 0 Å². The summed E-state index contributed by atoms with van der Waals surface area (Å²) in [5.74, 6) is 0. The Bertz CT molecular complexity index is 2110. The van der Waals surface area contributed by atoms with E-state index in [2.05, 4.69) is 146 Å². The SMILES string of the molecule is c1ccc2c(-c3ccc(-c4ccc(-c5ccc6c(ccc7ccccc76)c5)cc4)s3)c3ccccc3cc2c1. The third-order valence-corrected chi connectivity index (χ3v) is 9.02. The van der Waals surface area contributed by atoms with E-state index in [0.29, 0.717) is 0 Å². The molecule has 8 aromatic rings. The minimum atomic E-state index is 1.24. The van der Waals surface area contributed by atoms with Gasteiger partial charge < -0.3 is 0 Å². The first-order chi connectivity index (χ1) is 19.3. The van der Waals surface area contributed by atoms with Crippen LogP contribution in [0.25, 0.3) is 75.1 Å². The zero-order valence-corrected chi connectivity index (χ0v) is 22.1. The summed E-state index contributed by atoms with van der Waals surface area (Å²) in [6, 6.07) is 53.2. The Kier molecular flexibility index (Phi) is 5.11. The maximum absolute atomic E-state index is 2.31. The van der Waals surface area contributed by atoms with Gasteiger partial charge in [0.2, 0.25) is 0 Å². The van der Waals surface area contributed by atoms with Gasteiger partial charge >= 0.3 is 0 Å². The van der Waals surface area contributed by atoms with Crippen molar-refractivity contribution in [3.05, 3.63) is 146 Å². The van der Waals surface area contributed by atoms with Crippen LogP contribution in [0, 0.1) is 0 Å². The van der Waals surface area contributed by atoms with Crippen LogP contribution in [-0.4, -0.2) is 0 Å². The van der Waals surface area contributed by atoms with Crippen molar-refractivity contribution < 1.29 is 0 Å². The molecule has 0 spiro atoms. The van der Waals surface area contributed by atoms with Crippen molar-refractivity contribution in [2.45, 2.75) is 0 Å². The highest BCUT2D eigenvalue weighted by molar-refractivity contribution is 7.19. The van der Waals surface area contributed by atoms with Crippen LogP contribution in [0.1, 0.15) is 0 Å². The van der Waals surface area contributed by atoms with Crippen molar-refractivity contribution in [1.82, 2.24) is 0 Å². The highest BCUT2D eigenvalue weighted by Crippen LogP contribution is 2.42. The van der Waals surface area contributed by atoms with Crippen molar-refractivity contribution in [1.29, 1.82) is 0 Å². The second-order valence-electron chi connectivity index (χ2n) is 10.2. The van der Waals surface area contributed by atoms with Crippen LogP contribution >= 0.6 is 11.3 Å². The molecule has 0 aliphatic heterocycles. The Morgan fingerprint density at radius 2 is 0.821 bits per heavy atom. The molecule has 0 saturated heterocycles. The fraction of sp³-hybridized carbons (Fsp3) is 0. The molecule has 0 aliphatic carbocycles. The predicted molar refractivity (Wildman–Crippen MR) is 171 cm³/mol. The summed E-state index contributed by atoms with van der Waals surface area (Å²) < 4.78 is 0. The van der Waals surface area contributed by atoms with E-state index in [-0.39, 0.29) is 0 Å². The van der Waals surface area contributed by atoms with Crippen molar-refractivity contribution >= 4 is 54.4 Å². The molecule has 0 radical (unpaired) electrons. The number of hydrogen-bond donors (Lipinski definition) is 0. The lowest BCUT2D eigenvalue weighted by Crippen LogP contribution is -1.82. The Hall–Kier alpha value is -4.72. The zero-order chi connectivity index (χ0) is 25.8. The molecule has 8 rings (SSSR count). The Balaban J connectivity index is 1.17. The van der Waals surface area contributed by atoms with E-state index in [1.807, 2.05) is 11.3 Å². The number of rotatable bonds is 3. The highest BCUT2D eigenvalue weighted by atomic mass is 32.1. The number of benzene rings is 7. The smallest absolute Gasteiger partial charge is 0.0361 e. The second-order valence-corrected chi connectivity index (χ2v) is 11.2. The van der Waals surface area contributed by atoms with Gasteiger partial charge in [-0.25, -0.2) is 0 Å². The third kappa shape index (κ3) is 3.74. The lowest BCUT2D eigenvalue weighted by molar-refractivity contribution is 1.64. The molecule has 0 bridgehead atoms. The molecule has 7 aromatic carbocycles. The average molecular weight is 513 g/mol. The molecule has 0 fully saturated rings. The van der Waals surface area contributed by atoms with Gasteiger partial charge in [-0.1, -0.05) is 121 Å². The standard InChI is InChI=1S/C38H24S/c1-4-10-32-26(7-1)15-18-31-23-28(19-20-33(31)32)25-13-16-27(17-14-25)36-21-22-37(39-36)38-34-11-5-2-8-29(34)24-30-9-3-6-12-35(30)38/h1-24H. The Labute approximate surface area is 231 Å². The lowest BCUT2D eigenvalue weighted by Gasteiger charge is -2.10. The summed E-state index contributed by atoms with van der Waals surface area (Å²) in [6.45, 7) is 0. The zero-order valence-electron chi connectivity index (χ0n) is 21.3. The van der Waals surface area contributed by atoms with E-state index < -0.39 is 0 Å². The van der Waals surface area contributed by atoms with Crippen molar-refractivity contribution in [2.24, 2.45) is 0 Å². The number of hydrogen-bond acceptors (Lipinski definition) is 1. The quantitative estimate of drug-likeness (QED) is 0.163. The molecule has 1 heterocycles. The molecule has 0 amide bonds. The van der Waals surface area contributed by atoms with Gasteiger partial charge in [-0.2, -0.15) is 0 Å². The molecular weight excluding hydrogens is 488 g/mol. The normalized spacial score (nSPS) is 11.6. The Morgan fingerprint density at radius 1 is 0.308 bits per heavy atom. The van der Waals surface area contributed by atoms with Crippen LogP contribution in [0.4, 0.5) is 0 Å². The fourth-order valence-corrected chi connectivity index (χ4v) is 7.01. The first-order valence-corrected chi connectivity index (χ1v) is 14.2. The number of fused-ring (bicyclic) bond motifs is 5. The fourth-order valence-electron chi connectivity index (χ4n) is 5.93. The van der Waals surface area contributed by atoms with Gasteiger partial charge in [-0.05, 0) is 84.0 Å². The average Bonchev–Trinajstić information content (AvgIpc) is 3.49. The lowest BCUT2D eigenvalue weighted by atomic mass is 9.96. The van der Waals surface area contributed by atoms with Gasteiger partial charge in [0.25, 0.3) is 0 Å². The van der Waals surface area contributed by atoms with Crippen LogP contribution < -0.4 is 0 Å². The van der Waals surface area contributed by atoms with Crippen LogP contribution in [0.3, 0.4) is 0 Å². The van der Waals surface area contributed by atoms with Gasteiger partial charge in [0.1, 0.15) is 0 Å². The number of thiophene rings is 1. The van der Waals surface area contributed by atoms with Gasteiger partial charge in [0.15, 0.2) is 0 Å². The summed E-state index contributed by atoms with van der Waals surface area (Å²) in [4.78, 5) is 2.60. The van der Waals surface area contributed by atoms with E-state index in [1.165, 1.54) is 75.1 Å². The molecule has 0 unspecified atom stereocenters. The third-order valence-electron chi connectivity index (χ3n) is 7.87. The van der Waals surface area contributed by atoms with Gasteiger partial charge in [-0.15, -0.1) is 11.3 Å². The van der Waals surface area contributed by atoms with Crippen molar-refractivity contribution in [2.75, 3.05) is 0 Å². The topological polar surface area (TPSA) is 0 Å². The largest absolute Gasteiger partial charge is 0.135 e. The molecule has 1 aromatic heterocycles. The molecule has 0 aliphatic rings. The molecule has 0 atom stereocenters. The minimum absolute atomic E-state index is 1.24. The summed E-state index contributed by atoms with van der Waals surface area (Å²) in [6.07, 6.45) is 0. The highest BCUT2D eigenvalue weighted by Gasteiger charge is 2.13. The van der Waals surface area contributed by atoms with Crippen LogP contribution in [0.2, 0.25) is 0 Å². The molecule has 39 heavy (non-hydrogen) atoms. The summed E-state index contributed by atoms with van der Waals surface area (Å²) in [7, 11) is 0. The summed E-state index contributed by atoms with van der Waals surface area (Å²) in [5, 5.41) is 10.4. The molecule has 1 heteroatoms.